The summed E-state index contributed by atoms with van der Waals surface area (Å²) in [6.45, 7) is 6.72. The molecule has 8 rings (SSSR count). The molecule has 5 heterocycles. The number of rotatable bonds is 26. The second-order valence-corrected chi connectivity index (χ2v) is 22.9. The van der Waals surface area contributed by atoms with E-state index in [-0.39, 0.29) is 88.8 Å². The van der Waals surface area contributed by atoms with Gasteiger partial charge in [0, 0.05) is 86.1 Å². The lowest BCUT2D eigenvalue weighted by Gasteiger charge is -2.32. The standard InChI is InChI=1S/C60H74FN11O14S/c1-7-60(83)39-26-44-52-37(28-72(44)55(87)38(39)30-84-56(60)79)50-41(19-18-36-33(4)40(61)27-43(66-52)49(36)50)65-46(74)31-86-59(82)70(6)25-24-69(5)58(81)85-29-34-14-16-35(17-15-34)64-53(77)42(12-11-22-63-57(62)80)67-54(78)51(32(2)3)68-45(73)13-9-8-10-23-71-47(75)20-21-48(71)76/h14-17,20-21,26-27,32,41-42,51,57,63,80,83H,7-13,18-19,22-25,28-31,62H2,1-6H3,(H,64,77)(H,65,74)(H,67,78)(H,68,73)/t41?,42-,51-,57?,60-/m0/s1. The van der Waals surface area contributed by atoms with E-state index in [1.165, 1.54) is 42.1 Å². The number of imide groups is 1. The summed E-state index contributed by atoms with van der Waals surface area (Å²) in [5.41, 5.74) is 9.29. The van der Waals surface area contributed by atoms with Crippen LogP contribution in [0, 0.1) is 23.3 Å². The summed E-state index contributed by atoms with van der Waals surface area (Å²) in [7, 11) is 2.93. The van der Waals surface area contributed by atoms with Crippen molar-refractivity contribution >= 4 is 82.4 Å². The maximum atomic E-state index is 15.5. The summed E-state index contributed by atoms with van der Waals surface area (Å²) in [6, 6.07) is 6.84. The number of nitrogens with one attached hydrogen (secondary N) is 5. The van der Waals surface area contributed by atoms with Crippen LogP contribution >= 0.6 is 12.2 Å². The van der Waals surface area contributed by atoms with Gasteiger partial charge in [0.2, 0.25) is 17.7 Å². The van der Waals surface area contributed by atoms with Gasteiger partial charge in [-0.15, -0.1) is 0 Å². The quantitative estimate of drug-likeness (QED) is 0.00969. The van der Waals surface area contributed by atoms with Crippen LogP contribution in [-0.2, 0) is 79.6 Å². The average Bonchev–Trinajstić information content (AvgIpc) is 1.69. The third-order valence-corrected chi connectivity index (χ3v) is 16.6. The Kier molecular flexibility index (Phi) is 20.9. The highest BCUT2D eigenvalue weighted by atomic mass is 32.1. The van der Waals surface area contributed by atoms with Gasteiger partial charge in [-0.2, -0.15) is 0 Å². The smallest absolute Gasteiger partial charge is 0.410 e. The minimum absolute atomic E-state index is 0.00767. The molecule has 0 saturated carbocycles. The first kappa shape index (κ1) is 64.8. The number of likely N-dealkylation sites (N-methyl/N-ethyl adjacent to an activating group) is 2. The number of cyclic esters (lactones) is 1. The van der Waals surface area contributed by atoms with Crippen LogP contribution in [0.1, 0.15) is 117 Å². The Balaban J connectivity index is 0.797. The normalized spacial score (nSPS) is 17.4. The lowest BCUT2D eigenvalue weighted by molar-refractivity contribution is -0.172. The van der Waals surface area contributed by atoms with Crippen molar-refractivity contribution in [1.29, 1.82) is 0 Å². The van der Waals surface area contributed by atoms with Crippen molar-refractivity contribution in [3.05, 3.63) is 98.0 Å². The van der Waals surface area contributed by atoms with Crippen molar-refractivity contribution in [3.8, 4) is 11.4 Å². The summed E-state index contributed by atoms with van der Waals surface area (Å²) in [5, 5.41) is 35.6. The molecule has 0 saturated heterocycles. The molecule has 27 heteroatoms. The van der Waals surface area contributed by atoms with Crippen LogP contribution in [0.25, 0.3) is 22.3 Å². The summed E-state index contributed by atoms with van der Waals surface area (Å²) in [6.07, 6.45) is 2.55. The molecule has 4 aromatic rings. The maximum absolute atomic E-state index is 15.5. The minimum Gasteiger partial charge on any atom is -0.458 e. The fraction of sp³-hybridized carbons (Fsp3) is 0.483. The van der Waals surface area contributed by atoms with Crippen molar-refractivity contribution in [3.63, 3.8) is 0 Å². The number of carbonyl (C=O) groups is 9. The number of hydrogen-bond acceptors (Lipinski definition) is 18. The molecule has 87 heavy (non-hydrogen) atoms. The number of nitrogens with two attached hydrogens (primary N) is 1. The number of benzene rings is 2. The largest absolute Gasteiger partial charge is 0.458 e. The Morgan fingerprint density at radius 3 is 2.28 bits per heavy atom. The Hall–Kier alpha value is -8.24. The number of amides is 8. The van der Waals surface area contributed by atoms with Crippen LogP contribution in [0.5, 0.6) is 0 Å². The highest BCUT2D eigenvalue weighted by Crippen LogP contribution is 2.47. The van der Waals surface area contributed by atoms with Crippen LogP contribution in [0.2, 0.25) is 0 Å². The molecule has 0 bridgehead atoms. The number of aliphatic hydroxyl groups is 2. The molecule has 2 aromatic carbocycles. The van der Waals surface area contributed by atoms with Crippen LogP contribution < -0.4 is 32.3 Å². The lowest BCUT2D eigenvalue weighted by atomic mass is 9.81. The molecule has 2 unspecified atom stereocenters. The fourth-order valence-electron chi connectivity index (χ4n) is 11.1. The lowest BCUT2D eigenvalue weighted by Crippen LogP contribution is -2.54. The van der Waals surface area contributed by atoms with Crippen LogP contribution in [0.3, 0.4) is 0 Å². The predicted octanol–water partition coefficient (Wildman–Crippen LogP) is 3.99. The second kappa shape index (κ2) is 28.1. The van der Waals surface area contributed by atoms with Crippen molar-refractivity contribution in [2.24, 2.45) is 11.7 Å². The third kappa shape index (κ3) is 14.8. The molecule has 0 spiro atoms. The zero-order valence-corrected chi connectivity index (χ0v) is 50.2. The van der Waals surface area contributed by atoms with Crippen molar-refractivity contribution in [1.82, 2.24) is 45.5 Å². The molecule has 3 aliphatic heterocycles. The van der Waals surface area contributed by atoms with E-state index in [1.54, 1.807) is 58.0 Å². The van der Waals surface area contributed by atoms with Gasteiger partial charge in [0.1, 0.15) is 35.8 Å². The highest BCUT2D eigenvalue weighted by Gasteiger charge is 2.45. The van der Waals surface area contributed by atoms with E-state index in [4.69, 9.17) is 37.1 Å². The number of esters is 1. The number of halogens is 1. The van der Waals surface area contributed by atoms with E-state index in [1.807, 2.05) is 4.57 Å². The van der Waals surface area contributed by atoms with Crippen LogP contribution in [0.15, 0.2) is 48.6 Å². The Morgan fingerprint density at radius 2 is 1.61 bits per heavy atom. The van der Waals surface area contributed by atoms with E-state index in [2.05, 4.69) is 26.6 Å². The number of unbranched alkanes of at least 4 members (excludes halogenated alkanes) is 2. The zero-order chi connectivity index (χ0) is 63.0. The highest BCUT2D eigenvalue weighted by molar-refractivity contribution is 7.71. The SMILES string of the molecule is CC[C@@]1(O)C(=O)OCc2c1cc1n(c2=S)Cc2c-1nc1cc(F)c(C)c3c1c2C(NC(=O)COC(=O)N(C)CCN(C)C(=O)OCc1ccc(NC(=O)[C@H](CCCNC(N)O)NC(=O)[C@@H](NC(=O)CCCCCN2C(=O)C=CC2=O)C(C)C)cc1)CC3. The molecule has 1 aliphatic carbocycles. The van der Waals surface area contributed by atoms with E-state index in [0.29, 0.717) is 93.4 Å². The number of ether oxygens (including phenoxy) is 3. The van der Waals surface area contributed by atoms with Gasteiger partial charge in [-0.05, 0) is 105 Å². The average molecular weight is 1220 g/mol. The summed E-state index contributed by atoms with van der Waals surface area (Å²) < 4.78 is 33.9. The number of anilines is 1. The molecular weight excluding hydrogens is 1150 g/mol. The number of nitrogens with zero attached hydrogens (tertiary/aromatic N) is 5. The maximum Gasteiger partial charge on any atom is 0.410 e. The molecule has 9 N–H and O–H groups in total. The van der Waals surface area contributed by atoms with Gasteiger partial charge in [0.05, 0.1) is 29.5 Å². The fourth-order valence-corrected chi connectivity index (χ4v) is 11.4. The van der Waals surface area contributed by atoms with Crippen molar-refractivity contribution in [2.45, 2.75) is 135 Å². The Bertz CT molecular complexity index is 3450. The molecule has 5 atom stereocenters. The van der Waals surface area contributed by atoms with E-state index >= 15 is 4.39 Å². The molecule has 0 radical (unpaired) electrons. The zero-order valence-electron chi connectivity index (χ0n) is 49.4. The molecule has 2 aromatic heterocycles. The predicted molar refractivity (Wildman–Crippen MR) is 315 cm³/mol. The van der Waals surface area contributed by atoms with Crippen molar-refractivity contribution in [2.75, 3.05) is 52.2 Å². The topological polar surface area (TPSA) is 335 Å². The first-order chi connectivity index (χ1) is 41.4. The van der Waals surface area contributed by atoms with Gasteiger partial charge in [0.15, 0.2) is 18.6 Å². The van der Waals surface area contributed by atoms with Gasteiger partial charge in [-0.1, -0.05) is 51.5 Å². The molecule has 466 valence electrons. The number of hydrogen-bond donors (Lipinski definition) is 8. The van der Waals surface area contributed by atoms with E-state index in [0.717, 1.165) is 21.6 Å². The molecule has 25 nitrogen and oxygen atoms in total. The number of aromatic nitrogens is 2. The van der Waals surface area contributed by atoms with Crippen LogP contribution in [-0.4, -0.2) is 153 Å². The molecular formula is C60H74FN11O14S. The number of carbonyl (C=O) groups excluding carboxylic acids is 9. The second-order valence-electron chi connectivity index (χ2n) is 22.5. The van der Waals surface area contributed by atoms with Gasteiger partial charge in [0.25, 0.3) is 17.7 Å². The Labute approximate surface area is 506 Å². The van der Waals surface area contributed by atoms with E-state index < -0.39 is 78.4 Å². The van der Waals surface area contributed by atoms with Crippen molar-refractivity contribution < 1.29 is 72.0 Å². The van der Waals surface area contributed by atoms with Gasteiger partial charge in [-0.25, -0.2) is 23.8 Å². The number of pyridine rings is 2. The first-order valence-electron chi connectivity index (χ1n) is 29.0. The third-order valence-electron chi connectivity index (χ3n) is 16.1. The van der Waals surface area contributed by atoms with Gasteiger partial charge < -0.3 is 60.1 Å². The molecule has 8 amide bonds. The number of fused-ring (bicyclic) bond motifs is 5. The summed E-state index contributed by atoms with van der Waals surface area (Å²) in [5.74, 6) is -4.42. The molecule has 4 aliphatic rings. The Morgan fingerprint density at radius 1 is 0.920 bits per heavy atom. The van der Waals surface area contributed by atoms with E-state index in [9.17, 15) is 53.4 Å². The van der Waals surface area contributed by atoms with Crippen LogP contribution in [0.4, 0.5) is 19.7 Å². The molecule has 0 fully saturated rings. The van der Waals surface area contributed by atoms with Gasteiger partial charge in [-0.3, -0.25) is 44.7 Å². The first-order valence-corrected chi connectivity index (χ1v) is 29.4. The summed E-state index contributed by atoms with van der Waals surface area (Å²) >= 11 is 5.92. The van der Waals surface area contributed by atoms with Gasteiger partial charge >= 0.3 is 18.2 Å². The minimum atomic E-state index is -1.93. The monoisotopic (exact) mass is 1220 g/mol. The number of aliphatic hydroxyl groups excluding tert-OH is 1. The number of aryl methyl sites for hydroxylation is 1. The summed E-state index contributed by atoms with van der Waals surface area (Å²) in [4.78, 5) is 125.